The summed E-state index contributed by atoms with van der Waals surface area (Å²) in [5.74, 6) is 1.40. The topological polar surface area (TPSA) is 40.5 Å². The van der Waals surface area contributed by atoms with E-state index in [0.29, 0.717) is 5.75 Å². The van der Waals surface area contributed by atoms with E-state index in [1.807, 2.05) is 24.3 Å². The summed E-state index contributed by atoms with van der Waals surface area (Å²) in [5.41, 5.74) is 2.52. The van der Waals surface area contributed by atoms with E-state index in [4.69, 9.17) is 0 Å². The Bertz CT molecular complexity index is 716. The lowest BCUT2D eigenvalue weighted by atomic mass is 9.74. The maximum atomic E-state index is 10.6. The molecule has 0 spiro atoms. The molecule has 0 saturated carbocycles. The molecule has 0 amide bonds. The monoisotopic (exact) mass is 368 g/mol. The molecule has 0 aromatic heterocycles. The number of aromatic hydroxyl groups is 2. The lowest BCUT2D eigenvalue weighted by molar-refractivity contribution is 0.433. The lowest BCUT2D eigenvalue weighted by Crippen LogP contribution is -2.21. The molecule has 2 heteroatoms. The lowest BCUT2D eigenvalue weighted by Gasteiger charge is -2.30. The van der Waals surface area contributed by atoms with Crippen molar-refractivity contribution in [2.75, 3.05) is 0 Å². The van der Waals surface area contributed by atoms with Crippen LogP contribution < -0.4 is 0 Å². The molecule has 0 heterocycles. The fraction of sp³-hybridized carbons (Fsp3) is 0.520. The second kappa shape index (κ2) is 9.82. The molecular weight excluding hydrogens is 332 g/mol. The summed E-state index contributed by atoms with van der Waals surface area (Å²) < 4.78 is 0. The van der Waals surface area contributed by atoms with E-state index < -0.39 is 5.41 Å². The Balaban J connectivity index is 2.07. The summed E-state index contributed by atoms with van der Waals surface area (Å²) in [6.07, 6.45) is 8.57. The molecule has 0 saturated heterocycles. The standard InChI is InChI=1S/C25H36O2/c1-19(2)13-8-6-5-7-9-14-20-15-12-18-23(27)24(20)25(3,4)21-16-10-11-17-22(21)26/h10-12,15-19,26-27H,5-9,13-14H2,1-4H3. The van der Waals surface area contributed by atoms with E-state index >= 15 is 0 Å². The zero-order valence-corrected chi connectivity index (χ0v) is 17.5. The quantitative estimate of drug-likeness (QED) is 0.445. The minimum Gasteiger partial charge on any atom is -0.508 e. The highest BCUT2D eigenvalue weighted by Gasteiger charge is 2.30. The van der Waals surface area contributed by atoms with Crippen molar-refractivity contribution in [1.29, 1.82) is 0 Å². The summed E-state index contributed by atoms with van der Waals surface area (Å²) in [4.78, 5) is 0. The zero-order valence-electron chi connectivity index (χ0n) is 17.5. The Hall–Kier alpha value is -1.96. The number of rotatable bonds is 10. The van der Waals surface area contributed by atoms with Gasteiger partial charge in [0, 0.05) is 16.5 Å². The van der Waals surface area contributed by atoms with Gasteiger partial charge in [-0.25, -0.2) is 0 Å². The predicted molar refractivity (Wildman–Crippen MR) is 115 cm³/mol. The van der Waals surface area contributed by atoms with Crippen LogP contribution in [0.15, 0.2) is 42.5 Å². The highest BCUT2D eigenvalue weighted by Crippen LogP contribution is 2.42. The largest absolute Gasteiger partial charge is 0.508 e. The molecular formula is C25H36O2. The van der Waals surface area contributed by atoms with Gasteiger partial charge in [-0.15, -0.1) is 0 Å². The maximum absolute atomic E-state index is 10.6. The molecule has 2 aromatic rings. The number of aryl methyl sites for hydroxylation is 1. The molecule has 0 aliphatic heterocycles. The fourth-order valence-electron chi connectivity index (χ4n) is 4.05. The van der Waals surface area contributed by atoms with Gasteiger partial charge in [-0.2, -0.15) is 0 Å². The Morgan fingerprint density at radius 1 is 0.778 bits per heavy atom. The van der Waals surface area contributed by atoms with Crippen LogP contribution >= 0.6 is 0 Å². The molecule has 2 N–H and O–H groups in total. The first-order valence-corrected chi connectivity index (χ1v) is 10.4. The number of benzene rings is 2. The highest BCUT2D eigenvalue weighted by molar-refractivity contribution is 5.53. The van der Waals surface area contributed by atoms with Crippen molar-refractivity contribution in [2.45, 2.75) is 78.1 Å². The van der Waals surface area contributed by atoms with Gasteiger partial charge >= 0.3 is 0 Å². The highest BCUT2D eigenvalue weighted by atomic mass is 16.3. The number of phenols is 2. The smallest absolute Gasteiger partial charge is 0.119 e. The van der Waals surface area contributed by atoms with Gasteiger partial charge < -0.3 is 10.2 Å². The third kappa shape index (κ3) is 5.76. The molecule has 0 fully saturated rings. The van der Waals surface area contributed by atoms with E-state index in [-0.39, 0.29) is 5.75 Å². The van der Waals surface area contributed by atoms with E-state index in [9.17, 15) is 10.2 Å². The van der Waals surface area contributed by atoms with Crippen LogP contribution in [-0.4, -0.2) is 10.2 Å². The minimum absolute atomic E-state index is 0.279. The fourth-order valence-corrected chi connectivity index (χ4v) is 4.05. The average molecular weight is 369 g/mol. The molecule has 0 aliphatic carbocycles. The maximum Gasteiger partial charge on any atom is 0.119 e. The van der Waals surface area contributed by atoms with Crippen molar-refractivity contribution in [2.24, 2.45) is 5.92 Å². The van der Waals surface area contributed by atoms with Crippen molar-refractivity contribution in [3.05, 3.63) is 59.2 Å². The Labute approximate surface area is 165 Å². The molecule has 0 atom stereocenters. The van der Waals surface area contributed by atoms with Crippen LogP contribution in [0, 0.1) is 5.92 Å². The molecule has 2 rings (SSSR count). The predicted octanol–water partition coefficient (Wildman–Crippen LogP) is 6.96. The number of hydrogen-bond acceptors (Lipinski definition) is 2. The van der Waals surface area contributed by atoms with E-state index in [2.05, 4.69) is 33.8 Å². The molecule has 0 unspecified atom stereocenters. The van der Waals surface area contributed by atoms with Crippen LogP contribution in [0.1, 0.15) is 82.9 Å². The van der Waals surface area contributed by atoms with Gasteiger partial charge in [0.15, 0.2) is 0 Å². The molecule has 0 radical (unpaired) electrons. The molecule has 0 bridgehead atoms. The van der Waals surface area contributed by atoms with Gasteiger partial charge in [0.1, 0.15) is 11.5 Å². The average Bonchev–Trinajstić information content (AvgIpc) is 2.60. The first-order chi connectivity index (χ1) is 12.8. The van der Waals surface area contributed by atoms with Gasteiger partial charge in [0.05, 0.1) is 0 Å². The number of hydrogen-bond donors (Lipinski definition) is 2. The molecule has 2 nitrogen and oxygen atoms in total. The van der Waals surface area contributed by atoms with Crippen LogP contribution in [0.4, 0.5) is 0 Å². The molecule has 27 heavy (non-hydrogen) atoms. The van der Waals surface area contributed by atoms with E-state index in [0.717, 1.165) is 29.9 Å². The van der Waals surface area contributed by atoms with E-state index in [1.165, 1.54) is 37.7 Å². The normalized spacial score (nSPS) is 11.9. The Morgan fingerprint density at radius 2 is 1.41 bits per heavy atom. The van der Waals surface area contributed by atoms with Crippen LogP contribution in [0.3, 0.4) is 0 Å². The van der Waals surface area contributed by atoms with Crippen molar-refractivity contribution >= 4 is 0 Å². The van der Waals surface area contributed by atoms with Crippen molar-refractivity contribution < 1.29 is 10.2 Å². The molecule has 148 valence electrons. The summed E-state index contributed by atoms with van der Waals surface area (Å²) >= 11 is 0. The van der Waals surface area contributed by atoms with Gasteiger partial charge in [0.2, 0.25) is 0 Å². The van der Waals surface area contributed by atoms with Gasteiger partial charge in [-0.3, -0.25) is 0 Å². The summed E-state index contributed by atoms with van der Waals surface area (Å²) in [6.45, 7) is 8.73. The number of unbranched alkanes of at least 4 members (excludes halogenated alkanes) is 4. The van der Waals surface area contributed by atoms with Crippen molar-refractivity contribution in [3.63, 3.8) is 0 Å². The Morgan fingerprint density at radius 3 is 2.11 bits per heavy atom. The first kappa shape index (κ1) is 21.3. The zero-order chi connectivity index (χ0) is 19.9. The summed E-state index contributed by atoms with van der Waals surface area (Å²) in [6, 6.07) is 13.2. The molecule has 0 aliphatic rings. The van der Waals surface area contributed by atoms with Crippen LogP contribution in [0.5, 0.6) is 11.5 Å². The first-order valence-electron chi connectivity index (χ1n) is 10.4. The van der Waals surface area contributed by atoms with E-state index in [1.54, 1.807) is 12.1 Å². The number of phenolic OH excluding ortho intramolecular Hbond substituents is 2. The van der Waals surface area contributed by atoms with Gasteiger partial charge in [0.25, 0.3) is 0 Å². The summed E-state index contributed by atoms with van der Waals surface area (Å²) in [5, 5.41) is 21.0. The van der Waals surface area contributed by atoms with Crippen molar-refractivity contribution in [3.8, 4) is 11.5 Å². The van der Waals surface area contributed by atoms with Crippen LogP contribution in [-0.2, 0) is 11.8 Å². The second-order valence-corrected chi connectivity index (χ2v) is 8.65. The summed E-state index contributed by atoms with van der Waals surface area (Å²) in [7, 11) is 0. The minimum atomic E-state index is -0.455. The molecule has 2 aromatic carbocycles. The number of para-hydroxylation sites is 1. The SMILES string of the molecule is CC(C)CCCCCCCc1cccc(O)c1C(C)(C)c1ccccc1O. The third-order valence-electron chi connectivity index (χ3n) is 5.56. The van der Waals surface area contributed by atoms with Gasteiger partial charge in [-0.05, 0) is 36.5 Å². The second-order valence-electron chi connectivity index (χ2n) is 8.65. The van der Waals surface area contributed by atoms with Crippen molar-refractivity contribution in [1.82, 2.24) is 0 Å². The Kier molecular flexibility index (Phi) is 7.77. The third-order valence-corrected chi connectivity index (χ3v) is 5.56. The van der Waals surface area contributed by atoms with Gasteiger partial charge in [-0.1, -0.05) is 90.1 Å². The van der Waals surface area contributed by atoms with Crippen LogP contribution in [0.2, 0.25) is 0 Å². The van der Waals surface area contributed by atoms with Crippen LogP contribution in [0.25, 0.3) is 0 Å².